The van der Waals surface area contributed by atoms with Crippen LogP contribution in [0.15, 0.2) is 0 Å². The first kappa shape index (κ1) is 38.5. The Kier molecular flexibility index (Phi) is 14.5. The van der Waals surface area contributed by atoms with Crippen molar-refractivity contribution in [2.75, 3.05) is 78.5 Å². The minimum atomic E-state index is -0.602. The van der Waals surface area contributed by atoms with Crippen LogP contribution in [-0.2, 0) is 19.2 Å². The zero-order chi connectivity index (χ0) is 35.6. The van der Waals surface area contributed by atoms with E-state index in [0.717, 1.165) is 122 Å². The summed E-state index contributed by atoms with van der Waals surface area (Å²) in [7, 11) is 0. The smallest absolute Gasteiger partial charge is 0.306 e. The van der Waals surface area contributed by atoms with Gasteiger partial charge in [0.1, 0.15) is 0 Å². The van der Waals surface area contributed by atoms with Gasteiger partial charge < -0.3 is 25.1 Å². The fourth-order valence-electron chi connectivity index (χ4n) is 9.30. The quantitative estimate of drug-likeness (QED) is 0.424. The van der Waals surface area contributed by atoms with Crippen molar-refractivity contribution in [3.05, 3.63) is 0 Å². The highest BCUT2D eigenvalue weighted by Gasteiger charge is 2.41. The highest BCUT2D eigenvalue weighted by atomic mass is 16.4. The molecule has 4 aliphatic carbocycles. The number of nitrogens with one attached hydrogen (secondary N) is 1. The Bertz CT molecular complexity index is 1140. The number of rotatable bonds is 6. The molecule has 8 aliphatic rings. The van der Waals surface area contributed by atoms with Crippen molar-refractivity contribution in [1.29, 1.82) is 0 Å². The number of carboxylic acids is 1. The van der Waals surface area contributed by atoms with Crippen LogP contribution in [0.2, 0.25) is 0 Å². The lowest BCUT2D eigenvalue weighted by Gasteiger charge is -2.42. The molecule has 8 rings (SSSR count). The van der Waals surface area contributed by atoms with Crippen molar-refractivity contribution in [1.82, 2.24) is 29.8 Å². The van der Waals surface area contributed by atoms with Crippen LogP contribution in [0.1, 0.15) is 116 Å². The second-order valence-corrected chi connectivity index (χ2v) is 16.9. The van der Waals surface area contributed by atoms with Crippen molar-refractivity contribution >= 4 is 23.7 Å². The lowest BCUT2D eigenvalue weighted by Crippen LogP contribution is -2.58. The third kappa shape index (κ3) is 10.5. The molecule has 11 nitrogen and oxygen atoms in total. The minimum absolute atomic E-state index is 0.0289. The fraction of sp³-hybridized carbons (Fsp3) is 0.900. The molecule has 0 unspecified atom stereocenters. The van der Waals surface area contributed by atoms with Gasteiger partial charge in [-0.15, -0.1) is 0 Å². The van der Waals surface area contributed by atoms with Crippen LogP contribution >= 0.6 is 0 Å². The number of carbonyl (C=O) groups excluding carboxylic acids is 3. The first-order valence-corrected chi connectivity index (χ1v) is 21.2. The van der Waals surface area contributed by atoms with Gasteiger partial charge in [0, 0.05) is 96.5 Å². The standard InChI is InChI=1S/C20H33N3O2.C13H23N3O.C7H12O2/c24-19(16-6-2-1-3-7-16)23-14-17(15-23)20(25)22-11-5-10-21(12-13-22)18-8-4-9-18;17-13(11-9-14-10-11)16-6-2-5-15(7-8-16)12-3-1-4-12;8-7(9)6-4-2-1-3-5-6/h16-18H,1-15H2;11-12,14H,1-10H2;6H,1-5H2,(H,8,9). The summed E-state index contributed by atoms with van der Waals surface area (Å²) in [5.74, 6) is 0.929. The van der Waals surface area contributed by atoms with E-state index in [0.29, 0.717) is 30.8 Å². The van der Waals surface area contributed by atoms with Gasteiger partial charge in [0.05, 0.1) is 17.8 Å². The van der Waals surface area contributed by atoms with Crippen LogP contribution in [0.4, 0.5) is 0 Å². The molecule has 4 saturated heterocycles. The summed E-state index contributed by atoms with van der Waals surface area (Å²) in [6.07, 6.45) is 21.5. The number of amides is 3. The molecular weight excluding hydrogens is 644 g/mol. The summed E-state index contributed by atoms with van der Waals surface area (Å²) in [6.45, 7) is 11.3. The number of likely N-dealkylation sites (tertiary alicyclic amines) is 1. The van der Waals surface area contributed by atoms with Crippen molar-refractivity contribution in [2.24, 2.45) is 23.7 Å². The molecule has 0 aromatic rings. The molecule has 0 atom stereocenters. The Morgan fingerprint density at radius 1 is 0.412 bits per heavy atom. The molecule has 3 amide bonds. The number of hydrogen-bond donors (Lipinski definition) is 2. The number of hydrogen-bond acceptors (Lipinski definition) is 7. The highest BCUT2D eigenvalue weighted by Crippen LogP contribution is 2.30. The van der Waals surface area contributed by atoms with Gasteiger partial charge in [-0.05, 0) is 64.2 Å². The van der Waals surface area contributed by atoms with Crippen LogP contribution < -0.4 is 5.32 Å². The monoisotopic (exact) mass is 713 g/mol. The average Bonchev–Trinajstić information content (AvgIpc) is 3.45. The Balaban J connectivity index is 0.000000148. The van der Waals surface area contributed by atoms with E-state index >= 15 is 0 Å². The molecule has 11 heteroatoms. The van der Waals surface area contributed by atoms with E-state index in [2.05, 4.69) is 24.9 Å². The second kappa shape index (κ2) is 19.2. The van der Waals surface area contributed by atoms with Gasteiger partial charge in [-0.3, -0.25) is 29.0 Å². The van der Waals surface area contributed by atoms with Crippen molar-refractivity contribution in [3.63, 3.8) is 0 Å². The first-order chi connectivity index (χ1) is 24.9. The predicted octanol–water partition coefficient (Wildman–Crippen LogP) is 4.06. The van der Waals surface area contributed by atoms with E-state index in [1.54, 1.807) is 0 Å². The van der Waals surface area contributed by atoms with E-state index in [9.17, 15) is 19.2 Å². The van der Waals surface area contributed by atoms with Crippen molar-refractivity contribution in [2.45, 2.75) is 128 Å². The van der Waals surface area contributed by atoms with E-state index in [1.807, 2.05) is 4.90 Å². The van der Waals surface area contributed by atoms with E-state index < -0.39 is 5.97 Å². The fourth-order valence-corrected chi connectivity index (χ4v) is 9.30. The van der Waals surface area contributed by atoms with Crippen molar-refractivity contribution < 1.29 is 24.3 Å². The first-order valence-electron chi connectivity index (χ1n) is 21.2. The van der Waals surface area contributed by atoms with Crippen LogP contribution in [0.25, 0.3) is 0 Å². The molecule has 0 spiro atoms. The lowest BCUT2D eigenvalue weighted by atomic mass is 9.86. The molecule has 4 heterocycles. The molecule has 4 aliphatic heterocycles. The van der Waals surface area contributed by atoms with Crippen LogP contribution in [0.3, 0.4) is 0 Å². The molecule has 0 aromatic heterocycles. The molecule has 0 aromatic carbocycles. The summed E-state index contributed by atoms with van der Waals surface area (Å²) in [5, 5.41) is 11.7. The highest BCUT2D eigenvalue weighted by molar-refractivity contribution is 5.85. The van der Waals surface area contributed by atoms with Gasteiger partial charge in [0.2, 0.25) is 17.7 Å². The van der Waals surface area contributed by atoms with E-state index in [-0.39, 0.29) is 23.7 Å². The maximum atomic E-state index is 12.8. The van der Waals surface area contributed by atoms with Gasteiger partial charge in [-0.2, -0.15) is 0 Å². The Labute approximate surface area is 307 Å². The third-order valence-electron chi connectivity index (χ3n) is 13.4. The number of carbonyl (C=O) groups is 4. The second-order valence-electron chi connectivity index (χ2n) is 16.9. The number of nitrogens with zero attached hydrogens (tertiary/aromatic N) is 5. The summed E-state index contributed by atoms with van der Waals surface area (Å²) < 4.78 is 0. The molecular formula is C40H68N6O5. The normalized spacial score (nSPS) is 26.8. The topological polar surface area (TPSA) is 117 Å². The van der Waals surface area contributed by atoms with Crippen LogP contribution in [0.5, 0.6) is 0 Å². The molecule has 8 fully saturated rings. The molecule has 2 N–H and O–H groups in total. The molecule has 0 bridgehead atoms. The summed E-state index contributed by atoms with van der Waals surface area (Å²) in [6, 6.07) is 1.61. The lowest BCUT2D eigenvalue weighted by molar-refractivity contribution is -0.151. The van der Waals surface area contributed by atoms with Crippen LogP contribution in [0, 0.1) is 23.7 Å². The zero-order valence-corrected chi connectivity index (χ0v) is 31.5. The average molecular weight is 713 g/mol. The maximum absolute atomic E-state index is 12.8. The Morgan fingerprint density at radius 2 is 0.863 bits per heavy atom. The third-order valence-corrected chi connectivity index (χ3v) is 13.4. The minimum Gasteiger partial charge on any atom is -0.481 e. The summed E-state index contributed by atoms with van der Waals surface area (Å²) in [5.41, 5.74) is 0. The van der Waals surface area contributed by atoms with Gasteiger partial charge >= 0.3 is 5.97 Å². The molecule has 4 saturated carbocycles. The number of aliphatic carboxylic acids is 1. The van der Waals surface area contributed by atoms with Gasteiger partial charge in [0.25, 0.3) is 0 Å². The Hall–Kier alpha value is -2.24. The summed E-state index contributed by atoms with van der Waals surface area (Å²) in [4.78, 5) is 59.2. The van der Waals surface area contributed by atoms with Crippen LogP contribution in [-0.4, -0.2) is 144 Å². The van der Waals surface area contributed by atoms with Gasteiger partial charge in [-0.25, -0.2) is 0 Å². The van der Waals surface area contributed by atoms with Gasteiger partial charge in [0.15, 0.2) is 0 Å². The predicted molar refractivity (Wildman–Crippen MR) is 198 cm³/mol. The molecule has 288 valence electrons. The zero-order valence-electron chi connectivity index (χ0n) is 31.5. The maximum Gasteiger partial charge on any atom is 0.306 e. The largest absolute Gasteiger partial charge is 0.481 e. The van der Waals surface area contributed by atoms with E-state index in [1.165, 1.54) is 70.8 Å². The Morgan fingerprint density at radius 3 is 1.25 bits per heavy atom. The van der Waals surface area contributed by atoms with Gasteiger partial charge in [-0.1, -0.05) is 51.4 Å². The molecule has 51 heavy (non-hydrogen) atoms. The number of carboxylic acid groups (broad SMARTS) is 1. The molecule has 0 radical (unpaired) electrons. The van der Waals surface area contributed by atoms with Crippen molar-refractivity contribution in [3.8, 4) is 0 Å². The SMILES string of the molecule is O=C(C1CN(C(=O)C2CCCCC2)C1)N1CCCN(C2CCC2)CC1.O=C(C1CNC1)N1CCCN(C2CCC2)CC1.O=C(O)C1CCCCC1. The van der Waals surface area contributed by atoms with E-state index in [4.69, 9.17) is 5.11 Å². The summed E-state index contributed by atoms with van der Waals surface area (Å²) >= 11 is 0.